The van der Waals surface area contributed by atoms with Gasteiger partial charge in [-0.15, -0.1) is 0 Å². The third-order valence-electron chi connectivity index (χ3n) is 5.84. The van der Waals surface area contributed by atoms with Gasteiger partial charge in [-0.2, -0.15) is 0 Å². The first-order valence-electron chi connectivity index (χ1n) is 12.8. The molecule has 0 spiro atoms. The van der Waals surface area contributed by atoms with Gasteiger partial charge in [0.2, 0.25) is 17.7 Å². The van der Waals surface area contributed by atoms with Crippen molar-refractivity contribution in [1.29, 1.82) is 0 Å². The van der Waals surface area contributed by atoms with Crippen LogP contribution in [0.3, 0.4) is 0 Å². The van der Waals surface area contributed by atoms with Crippen LogP contribution in [0.15, 0.2) is 35.3 Å². The van der Waals surface area contributed by atoms with Gasteiger partial charge in [-0.1, -0.05) is 30.3 Å². The summed E-state index contributed by atoms with van der Waals surface area (Å²) in [5, 5.41) is 26.5. The highest BCUT2D eigenvalue weighted by atomic mass is 16.4. The molecule has 13 N–H and O–H groups in total. The number of unbranched alkanes of at least 4 members (excludes halogenated alkanes) is 1. The van der Waals surface area contributed by atoms with Gasteiger partial charge in [0.15, 0.2) is 12.0 Å². The molecule has 39 heavy (non-hydrogen) atoms. The number of amides is 3. The van der Waals surface area contributed by atoms with E-state index in [4.69, 9.17) is 22.9 Å². The van der Waals surface area contributed by atoms with Crippen LogP contribution in [0.5, 0.6) is 0 Å². The zero-order valence-electron chi connectivity index (χ0n) is 22.2. The predicted octanol–water partition coefficient (Wildman–Crippen LogP) is -2.34. The summed E-state index contributed by atoms with van der Waals surface area (Å²) in [7, 11) is 0. The van der Waals surface area contributed by atoms with E-state index in [2.05, 4.69) is 20.9 Å². The van der Waals surface area contributed by atoms with Crippen molar-refractivity contribution in [3.63, 3.8) is 0 Å². The van der Waals surface area contributed by atoms with Crippen molar-refractivity contribution < 1.29 is 29.4 Å². The number of aliphatic hydroxyl groups excluding tert-OH is 1. The van der Waals surface area contributed by atoms with Crippen molar-refractivity contribution in [3.05, 3.63) is 35.9 Å². The van der Waals surface area contributed by atoms with Crippen LogP contribution in [0.4, 0.5) is 0 Å². The average Bonchev–Trinajstić information content (AvgIpc) is 2.88. The van der Waals surface area contributed by atoms with Gasteiger partial charge in [0.1, 0.15) is 12.1 Å². The van der Waals surface area contributed by atoms with E-state index < -0.39 is 54.0 Å². The minimum absolute atomic E-state index is 0.118. The van der Waals surface area contributed by atoms with Gasteiger partial charge in [0.25, 0.3) is 0 Å². The maximum atomic E-state index is 13.3. The summed E-state index contributed by atoms with van der Waals surface area (Å²) in [6.07, 6.45) is 0.515. The Morgan fingerprint density at radius 3 is 2.00 bits per heavy atom. The van der Waals surface area contributed by atoms with Gasteiger partial charge in [0.05, 0.1) is 12.1 Å². The summed E-state index contributed by atoms with van der Waals surface area (Å²) < 4.78 is 0. The molecule has 3 amide bonds. The van der Waals surface area contributed by atoms with Crippen molar-refractivity contribution >= 4 is 29.7 Å². The number of guanidine groups is 1. The van der Waals surface area contributed by atoms with Crippen molar-refractivity contribution in [1.82, 2.24) is 16.0 Å². The topological polar surface area (TPSA) is 261 Å². The quantitative estimate of drug-likeness (QED) is 0.0534. The lowest BCUT2D eigenvalue weighted by molar-refractivity contribution is -0.145. The predicted molar refractivity (Wildman–Crippen MR) is 146 cm³/mol. The third kappa shape index (κ3) is 13.0. The Balaban J connectivity index is 3.03. The molecule has 0 aromatic heterocycles. The summed E-state index contributed by atoms with van der Waals surface area (Å²) in [6, 6.07) is 4.41. The SMILES string of the molecule is CC(O)C(NC(=O)C(CCCCN)NC(=O)C(CCCN=C(N)N)NC(=O)C(N)Cc1ccccc1)C(=O)O. The number of rotatable bonds is 18. The molecule has 0 bridgehead atoms. The molecule has 0 saturated carbocycles. The molecule has 14 nitrogen and oxygen atoms in total. The lowest BCUT2D eigenvalue weighted by Crippen LogP contribution is -2.58. The molecule has 0 radical (unpaired) electrons. The summed E-state index contributed by atoms with van der Waals surface area (Å²) in [4.78, 5) is 54.3. The van der Waals surface area contributed by atoms with Gasteiger partial charge in [0, 0.05) is 6.54 Å². The largest absolute Gasteiger partial charge is 0.480 e. The zero-order chi connectivity index (χ0) is 29.4. The van der Waals surface area contributed by atoms with Crippen LogP contribution < -0.4 is 38.9 Å². The second-order valence-electron chi connectivity index (χ2n) is 9.22. The van der Waals surface area contributed by atoms with Gasteiger partial charge < -0.3 is 49.1 Å². The first kappa shape index (κ1) is 33.3. The molecule has 1 aromatic carbocycles. The number of nitrogens with two attached hydrogens (primary N) is 4. The number of benzene rings is 1. The molecular formula is C25H42N8O6. The Morgan fingerprint density at radius 2 is 1.46 bits per heavy atom. The van der Waals surface area contributed by atoms with E-state index in [9.17, 15) is 29.4 Å². The second kappa shape index (κ2) is 17.7. The van der Waals surface area contributed by atoms with E-state index in [1.165, 1.54) is 6.92 Å². The lowest BCUT2D eigenvalue weighted by Gasteiger charge is -2.26. The van der Waals surface area contributed by atoms with Crippen LogP contribution in [0.2, 0.25) is 0 Å². The maximum Gasteiger partial charge on any atom is 0.328 e. The zero-order valence-corrected chi connectivity index (χ0v) is 22.2. The van der Waals surface area contributed by atoms with Crippen LogP contribution in [-0.2, 0) is 25.6 Å². The van der Waals surface area contributed by atoms with Crippen LogP contribution in [-0.4, -0.2) is 83.2 Å². The fourth-order valence-electron chi connectivity index (χ4n) is 3.69. The number of carbonyl (C=O) groups excluding carboxylic acids is 3. The van der Waals surface area contributed by atoms with E-state index >= 15 is 0 Å². The van der Waals surface area contributed by atoms with E-state index in [1.807, 2.05) is 30.3 Å². The Bertz CT molecular complexity index is 955. The number of hydrogen-bond acceptors (Lipinski definition) is 8. The molecule has 1 rings (SSSR count). The number of aliphatic hydroxyl groups is 1. The number of carbonyl (C=O) groups is 4. The van der Waals surface area contributed by atoms with Crippen LogP contribution in [0.25, 0.3) is 0 Å². The molecule has 5 atom stereocenters. The maximum absolute atomic E-state index is 13.3. The number of aliphatic carboxylic acids is 1. The molecule has 0 aliphatic rings. The number of carboxylic acid groups (broad SMARTS) is 1. The Morgan fingerprint density at radius 1 is 0.897 bits per heavy atom. The van der Waals surface area contributed by atoms with Crippen LogP contribution >= 0.6 is 0 Å². The van der Waals surface area contributed by atoms with Crippen molar-refractivity contribution in [3.8, 4) is 0 Å². The molecular weight excluding hydrogens is 508 g/mol. The Labute approximate surface area is 228 Å². The minimum atomic E-state index is -1.57. The van der Waals surface area contributed by atoms with E-state index in [0.717, 1.165) is 5.56 Å². The Hall–Kier alpha value is -3.75. The Kier molecular flexibility index (Phi) is 15.1. The fraction of sp³-hybridized carbons (Fsp3) is 0.560. The van der Waals surface area contributed by atoms with E-state index in [0.29, 0.717) is 25.8 Å². The van der Waals surface area contributed by atoms with Crippen molar-refractivity contribution in [2.24, 2.45) is 27.9 Å². The summed E-state index contributed by atoms with van der Waals surface area (Å²) >= 11 is 0. The van der Waals surface area contributed by atoms with Gasteiger partial charge in [-0.3, -0.25) is 19.4 Å². The number of hydrogen-bond donors (Lipinski definition) is 9. The van der Waals surface area contributed by atoms with Gasteiger partial charge >= 0.3 is 5.97 Å². The molecule has 0 aliphatic heterocycles. The highest BCUT2D eigenvalue weighted by molar-refractivity contribution is 5.94. The third-order valence-corrected chi connectivity index (χ3v) is 5.84. The van der Waals surface area contributed by atoms with E-state index in [-0.39, 0.29) is 31.8 Å². The van der Waals surface area contributed by atoms with Gasteiger partial charge in [-0.25, -0.2) is 4.79 Å². The molecule has 5 unspecified atom stereocenters. The lowest BCUT2D eigenvalue weighted by atomic mass is 10.0. The first-order chi connectivity index (χ1) is 18.5. The molecule has 1 aromatic rings. The highest BCUT2D eigenvalue weighted by Gasteiger charge is 2.31. The molecule has 0 aliphatic carbocycles. The molecule has 0 saturated heterocycles. The average molecular weight is 551 g/mol. The standard InChI is InChI=1S/C25H42N8O6/c1-15(34)20(24(38)39)33-23(37)18(10-5-6-12-26)32-22(36)19(11-7-13-30-25(28)29)31-21(35)17(27)14-16-8-3-2-4-9-16/h2-4,8-9,15,17-20,34H,5-7,10-14,26-27H2,1H3,(H,31,35)(H,32,36)(H,33,37)(H,38,39)(H4,28,29,30). The minimum Gasteiger partial charge on any atom is -0.480 e. The number of nitrogens with one attached hydrogen (secondary N) is 3. The second-order valence-corrected chi connectivity index (χ2v) is 9.22. The highest BCUT2D eigenvalue weighted by Crippen LogP contribution is 2.07. The molecule has 0 heterocycles. The smallest absolute Gasteiger partial charge is 0.328 e. The van der Waals surface area contributed by atoms with Crippen molar-refractivity contribution in [2.75, 3.05) is 13.1 Å². The fourth-order valence-corrected chi connectivity index (χ4v) is 3.69. The van der Waals surface area contributed by atoms with E-state index in [1.54, 1.807) is 0 Å². The summed E-state index contributed by atoms with van der Waals surface area (Å²) in [5.41, 5.74) is 23.2. The summed E-state index contributed by atoms with van der Waals surface area (Å²) in [5.74, 6) is -3.57. The monoisotopic (exact) mass is 550 g/mol. The van der Waals surface area contributed by atoms with Gasteiger partial charge in [-0.05, 0) is 57.6 Å². The molecule has 0 fully saturated rings. The molecule has 218 valence electrons. The van der Waals surface area contributed by atoms with Crippen LogP contribution in [0.1, 0.15) is 44.6 Å². The van der Waals surface area contributed by atoms with Crippen molar-refractivity contribution in [2.45, 2.75) is 75.7 Å². The number of nitrogens with zero attached hydrogens (tertiary/aromatic N) is 1. The first-order valence-corrected chi connectivity index (χ1v) is 12.8. The number of carboxylic acids is 1. The number of aliphatic imine (C=N–C) groups is 1. The summed E-state index contributed by atoms with van der Waals surface area (Å²) in [6.45, 7) is 1.78. The normalized spacial score (nSPS) is 14.7. The molecule has 14 heteroatoms. The van der Waals surface area contributed by atoms with Crippen LogP contribution in [0, 0.1) is 0 Å².